The third-order valence-electron chi connectivity index (χ3n) is 3.51. The topological polar surface area (TPSA) is 67.1 Å². The summed E-state index contributed by atoms with van der Waals surface area (Å²) in [5.74, 6) is 4.30. The Morgan fingerprint density at radius 3 is 2.75 bits per heavy atom. The molecule has 0 amide bonds. The van der Waals surface area contributed by atoms with Crippen LogP contribution in [0.1, 0.15) is 38.4 Å². The number of alkyl halides is 3. The van der Waals surface area contributed by atoms with Crippen LogP contribution >= 0.6 is 0 Å². The molecule has 0 radical (unpaired) electrons. The number of aromatic nitrogens is 2. The van der Waals surface area contributed by atoms with Crippen LogP contribution < -0.4 is 16.2 Å². The minimum absolute atomic E-state index is 0.0252. The lowest BCUT2D eigenvalue weighted by Gasteiger charge is -2.36. The number of hydrogen-bond acceptors (Lipinski definition) is 5. The summed E-state index contributed by atoms with van der Waals surface area (Å²) in [6, 6.07) is 1.67. The summed E-state index contributed by atoms with van der Waals surface area (Å²) in [5.41, 5.74) is 2.17. The molecule has 1 atom stereocenters. The van der Waals surface area contributed by atoms with Gasteiger partial charge in [0.1, 0.15) is 11.6 Å². The second-order valence-corrected chi connectivity index (χ2v) is 4.83. The number of nitrogens with one attached hydrogen (secondary N) is 1. The van der Waals surface area contributed by atoms with Crippen molar-refractivity contribution in [3.63, 3.8) is 0 Å². The normalized spacial score (nSPS) is 20.1. The highest BCUT2D eigenvalue weighted by Crippen LogP contribution is 2.31. The van der Waals surface area contributed by atoms with Crippen LogP contribution in [-0.2, 0) is 6.18 Å². The van der Waals surface area contributed by atoms with Gasteiger partial charge in [0.05, 0.1) is 0 Å². The first kappa shape index (κ1) is 14.8. The van der Waals surface area contributed by atoms with Gasteiger partial charge >= 0.3 is 6.18 Å². The fourth-order valence-corrected chi connectivity index (χ4v) is 2.51. The monoisotopic (exact) mass is 289 g/mol. The number of nitrogen functional groups attached to an aromatic ring is 1. The number of hydrazine groups is 1. The van der Waals surface area contributed by atoms with Crippen molar-refractivity contribution in [2.24, 2.45) is 5.84 Å². The SMILES string of the molecule is CCC1CCCCN1c1cc(NN)nc(C(F)(F)F)n1. The lowest BCUT2D eigenvalue weighted by molar-refractivity contribution is -0.144. The van der Waals surface area contributed by atoms with E-state index in [0.717, 1.165) is 25.7 Å². The Balaban J connectivity index is 2.39. The van der Waals surface area contributed by atoms with Crippen LogP contribution in [0.5, 0.6) is 0 Å². The lowest BCUT2D eigenvalue weighted by atomic mass is 10.00. The third kappa shape index (κ3) is 3.12. The van der Waals surface area contributed by atoms with E-state index in [2.05, 4.69) is 15.4 Å². The van der Waals surface area contributed by atoms with Crippen LogP contribution in [0.3, 0.4) is 0 Å². The maximum atomic E-state index is 12.8. The molecule has 112 valence electrons. The van der Waals surface area contributed by atoms with Crippen LogP contribution in [0.25, 0.3) is 0 Å². The summed E-state index contributed by atoms with van der Waals surface area (Å²) in [6.45, 7) is 2.73. The number of nitrogens with two attached hydrogens (primary N) is 1. The molecule has 3 N–H and O–H groups in total. The number of piperidine rings is 1. The van der Waals surface area contributed by atoms with E-state index < -0.39 is 12.0 Å². The van der Waals surface area contributed by atoms with Gasteiger partial charge in [0.15, 0.2) is 0 Å². The highest BCUT2D eigenvalue weighted by Gasteiger charge is 2.36. The van der Waals surface area contributed by atoms with E-state index in [1.54, 1.807) is 0 Å². The zero-order valence-electron chi connectivity index (χ0n) is 11.2. The fraction of sp³-hybridized carbons (Fsp3) is 0.667. The predicted octanol–water partition coefficient (Wildman–Crippen LogP) is 2.55. The number of rotatable bonds is 3. The summed E-state index contributed by atoms with van der Waals surface area (Å²) in [5, 5.41) is 0. The lowest BCUT2D eigenvalue weighted by Crippen LogP contribution is -2.40. The molecule has 0 spiro atoms. The Morgan fingerprint density at radius 2 is 2.15 bits per heavy atom. The first-order chi connectivity index (χ1) is 9.45. The third-order valence-corrected chi connectivity index (χ3v) is 3.51. The maximum Gasteiger partial charge on any atom is 0.451 e. The van der Waals surface area contributed by atoms with E-state index in [0.29, 0.717) is 6.54 Å². The zero-order chi connectivity index (χ0) is 14.8. The number of nitrogens with zero attached hydrogens (tertiary/aromatic N) is 3. The molecular weight excluding hydrogens is 271 g/mol. The maximum absolute atomic E-state index is 12.8. The van der Waals surface area contributed by atoms with Crippen molar-refractivity contribution in [2.75, 3.05) is 16.9 Å². The van der Waals surface area contributed by atoms with Gasteiger partial charge in [-0.05, 0) is 25.7 Å². The Labute approximate surface area is 115 Å². The van der Waals surface area contributed by atoms with Gasteiger partial charge in [-0.1, -0.05) is 6.92 Å². The van der Waals surface area contributed by atoms with Gasteiger partial charge in [0.25, 0.3) is 0 Å². The molecule has 0 bridgehead atoms. The molecule has 1 unspecified atom stereocenters. The van der Waals surface area contributed by atoms with Crippen molar-refractivity contribution in [3.05, 3.63) is 11.9 Å². The Bertz CT molecular complexity index is 463. The van der Waals surface area contributed by atoms with Gasteiger partial charge in [-0.2, -0.15) is 13.2 Å². The van der Waals surface area contributed by atoms with Gasteiger partial charge in [0, 0.05) is 18.7 Å². The van der Waals surface area contributed by atoms with Gasteiger partial charge in [-0.15, -0.1) is 0 Å². The van der Waals surface area contributed by atoms with Crippen molar-refractivity contribution in [1.82, 2.24) is 9.97 Å². The highest BCUT2D eigenvalue weighted by molar-refractivity contribution is 5.50. The van der Waals surface area contributed by atoms with E-state index in [1.165, 1.54) is 6.07 Å². The average molecular weight is 289 g/mol. The summed E-state index contributed by atoms with van der Waals surface area (Å²) in [4.78, 5) is 8.96. The van der Waals surface area contributed by atoms with Crippen LogP contribution in [0, 0.1) is 0 Å². The van der Waals surface area contributed by atoms with Gasteiger partial charge in [-0.25, -0.2) is 15.8 Å². The quantitative estimate of drug-likeness (QED) is 0.661. The molecule has 1 saturated heterocycles. The summed E-state index contributed by atoms with van der Waals surface area (Å²) in [7, 11) is 0. The van der Waals surface area contributed by atoms with E-state index in [1.807, 2.05) is 11.8 Å². The molecule has 2 heterocycles. The molecule has 1 aliphatic rings. The molecule has 2 rings (SSSR count). The van der Waals surface area contributed by atoms with Crippen molar-refractivity contribution in [2.45, 2.75) is 44.8 Å². The number of halogens is 3. The number of hydrogen-bond donors (Lipinski definition) is 2. The Kier molecular flexibility index (Phi) is 4.32. The van der Waals surface area contributed by atoms with Crippen LogP contribution in [0.15, 0.2) is 6.07 Å². The second-order valence-electron chi connectivity index (χ2n) is 4.83. The number of anilines is 2. The van der Waals surface area contributed by atoms with E-state index in [-0.39, 0.29) is 17.7 Å². The van der Waals surface area contributed by atoms with E-state index >= 15 is 0 Å². The predicted molar refractivity (Wildman–Crippen MR) is 70.1 cm³/mol. The molecule has 1 aliphatic heterocycles. The van der Waals surface area contributed by atoms with Gasteiger partial charge in [0.2, 0.25) is 5.82 Å². The Morgan fingerprint density at radius 1 is 1.40 bits per heavy atom. The zero-order valence-corrected chi connectivity index (χ0v) is 11.2. The average Bonchev–Trinajstić information content (AvgIpc) is 2.45. The largest absolute Gasteiger partial charge is 0.451 e. The fourth-order valence-electron chi connectivity index (χ4n) is 2.51. The molecule has 20 heavy (non-hydrogen) atoms. The molecule has 0 saturated carbocycles. The molecule has 1 fully saturated rings. The second kappa shape index (κ2) is 5.82. The molecule has 1 aromatic heterocycles. The summed E-state index contributed by atoms with van der Waals surface area (Å²) >= 11 is 0. The molecular formula is C12H18F3N5. The standard InChI is InChI=1S/C12H18F3N5/c1-2-8-5-3-4-6-20(8)10-7-9(19-16)17-11(18-10)12(13,14)15/h7-8H,2-6,16H2,1H3,(H,17,18,19). The Hall–Kier alpha value is -1.57. The van der Waals surface area contributed by atoms with E-state index in [4.69, 9.17) is 5.84 Å². The van der Waals surface area contributed by atoms with Crippen LogP contribution in [0.2, 0.25) is 0 Å². The first-order valence-electron chi connectivity index (χ1n) is 6.65. The molecule has 1 aromatic rings. The molecule has 0 aromatic carbocycles. The van der Waals surface area contributed by atoms with Gasteiger partial charge < -0.3 is 10.3 Å². The molecule has 5 nitrogen and oxygen atoms in total. The van der Waals surface area contributed by atoms with Crippen molar-refractivity contribution in [3.8, 4) is 0 Å². The van der Waals surface area contributed by atoms with Gasteiger partial charge in [-0.3, -0.25) is 0 Å². The minimum atomic E-state index is -4.58. The first-order valence-corrected chi connectivity index (χ1v) is 6.65. The highest BCUT2D eigenvalue weighted by atomic mass is 19.4. The van der Waals surface area contributed by atoms with Crippen LogP contribution in [0.4, 0.5) is 24.8 Å². The van der Waals surface area contributed by atoms with Crippen molar-refractivity contribution >= 4 is 11.6 Å². The van der Waals surface area contributed by atoms with Crippen LogP contribution in [-0.4, -0.2) is 22.6 Å². The minimum Gasteiger partial charge on any atom is -0.353 e. The smallest absolute Gasteiger partial charge is 0.353 e. The summed E-state index contributed by atoms with van der Waals surface area (Å²) in [6.07, 6.45) is -0.704. The van der Waals surface area contributed by atoms with Crippen molar-refractivity contribution in [1.29, 1.82) is 0 Å². The van der Waals surface area contributed by atoms with Crippen molar-refractivity contribution < 1.29 is 13.2 Å². The summed E-state index contributed by atoms with van der Waals surface area (Å²) < 4.78 is 38.5. The van der Waals surface area contributed by atoms with E-state index in [9.17, 15) is 13.2 Å². The molecule has 0 aliphatic carbocycles. The molecule has 8 heteroatoms.